The van der Waals surface area contributed by atoms with E-state index < -0.39 is 0 Å². The summed E-state index contributed by atoms with van der Waals surface area (Å²) >= 11 is 0. The van der Waals surface area contributed by atoms with Gasteiger partial charge in [0.05, 0.1) is 0 Å². The predicted molar refractivity (Wildman–Crippen MR) is 49.2 cm³/mol. The molecule has 1 N–H and O–H groups in total. The molecule has 0 saturated heterocycles. The molecule has 0 heterocycles. The van der Waals surface area contributed by atoms with E-state index in [1.165, 1.54) is 23.7 Å². The molecule has 2 nitrogen and oxygen atoms in total. The van der Waals surface area contributed by atoms with Crippen LogP contribution < -0.4 is 0 Å². The van der Waals surface area contributed by atoms with Crippen LogP contribution in [0.1, 0.15) is 38.5 Å². The molecule has 4 aliphatic rings. The van der Waals surface area contributed by atoms with Gasteiger partial charge in [-0.3, -0.25) is 0 Å². The van der Waals surface area contributed by atoms with Gasteiger partial charge < -0.3 is 5.11 Å². The summed E-state index contributed by atoms with van der Waals surface area (Å²) in [6.07, 6.45) is 10.4. The molecule has 4 saturated carbocycles. The van der Waals surface area contributed by atoms with Crippen molar-refractivity contribution in [3.8, 4) is 6.26 Å². The number of nitriles is 1. The molecule has 0 aromatic rings. The van der Waals surface area contributed by atoms with Crippen LogP contribution >= 0.6 is 0 Å². The van der Waals surface area contributed by atoms with Crippen molar-refractivity contribution >= 4 is 0 Å². The second kappa shape index (κ2) is 3.57. The highest BCUT2D eigenvalue weighted by atomic mass is 16.2. The lowest BCUT2D eigenvalue weighted by Crippen LogP contribution is -2.38. The van der Waals surface area contributed by atoms with Crippen LogP contribution in [0.3, 0.4) is 0 Å². The Morgan fingerprint density at radius 2 is 0.923 bits per heavy atom. The zero-order valence-electron chi connectivity index (χ0n) is 7.95. The van der Waals surface area contributed by atoms with E-state index in [-0.39, 0.29) is 0 Å². The van der Waals surface area contributed by atoms with Crippen molar-refractivity contribution in [2.45, 2.75) is 38.5 Å². The number of aliphatic hydroxyl groups is 1. The van der Waals surface area contributed by atoms with Crippen molar-refractivity contribution in [2.24, 2.45) is 23.7 Å². The van der Waals surface area contributed by atoms with E-state index >= 15 is 0 Å². The maximum Gasteiger partial charge on any atom is 0.283 e. The summed E-state index contributed by atoms with van der Waals surface area (Å²) in [5.41, 5.74) is 0. The maximum absolute atomic E-state index is 6.88. The van der Waals surface area contributed by atoms with Gasteiger partial charge in [0, 0.05) is 0 Å². The highest BCUT2D eigenvalue weighted by molar-refractivity contribution is 4.92. The minimum atomic E-state index is 0.750. The maximum atomic E-state index is 6.88. The predicted octanol–water partition coefficient (Wildman–Crippen LogP) is 2.67. The van der Waals surface area contributed by atoms with Gasteiger partial charge in [-0.25, -0.2) is 0 Å². The van der Waals surface area contributed by atoms with Crippen molar-refractivity contribution in [3.63, 3.8) is 0 Å². The quantitative estimate of drug-likeness (QED) is 0.581. The summed E-state index contributed by atoms with van der Waals surface area (Å²) < 4.78 is 0. The van der Waals surface area contributed by atoms with E-state index in [0.717, 1.165) is 6.26 Å². The summed E-state index contributed by atoms with van der Waals surface area (Å²) in [7, 11) is 0. The van der Waals surface area contributed by atoms with E-state index in [0.29, 0.717) is 0 Å². The molecular formula is C11H17NO. The average Bonchev–Trinajstić information content (AvgIpc) is 2.01. The Labute approximate surface area is 79.6 Å². The molecule has 0 spiro atoms. The SMILES string of the molecule is C1C2CC3CC1CC(C2)C3.N#CO. The van der Waals surface area contributed by atoms with Crippen molar-refractivity contribution < 1.29 is 5.11 Å². The number of nitrogens with zero attached hydrogens (tertiary/aromatic N) is 1. The van der Waals surface area contributed by atoms with Crippen molar-refractivity contribution in [2.75, 3.05) is 0 Å². The van der Waals surface area contributed by atoms with E-state index in [4.69, 9.17) is 10.4 Å². The first kappa shape index (κ1) is 8.87. The molecule has 72 valence electrons. The topological polar surface area (TPSA) is 44.0 Å². The van der Waals surface area contributed by atoms with Crippen LogP contribution in [0, 0.1) is 35.2 Å². The van der Waals surface area contributed by atoms with Crippen LogP contribution in [0.5, 0.6) is 0 Å². The Morgan fingerprint density at radius 3 is 1.08 bits per heavy atom. The zero-order chi connectivity index (χ0) is 9.26. The van der Waals surface area contributed by atoms with Gasteiger partial charge in [-0.1, -0.05) is 0 Å². The molecule has 2 heteroatoms. The minimum absolute atomic E-state index is 0.750. The third kappa shape index (κ3) is 1.80. The van der Waals surface area contributed by atoms with E-state index in [9.17, 15) is 0 Å². The third-order valence-corrected chi connectivity index (χ3v) is 4.00. The molecule has 0 atom stereocenters. The fourth-order valence-corrected chi connectivity index (χ4v) is 3.98. The molecule has 0 radical (unpaired) electrons. The summed E-state index contributed by atoms with van der Waals surface area (Å²) in [5, 5.41) is 13.8. The Bertz CT molecular complexity index is 162. The van der Waals surface area contributed by atoms with Gasteiger partial charge in [0.1, 0.15) is 0 Å². The van der Waals surface area contributed by atoms with Gasteiger partial charge >= 0.3 is 0 Å². The lowest BCUT2D eigenvalue weighted by molar-refractivity contribution is 0.0198. The number of rotatable bonds is 0. The lowest BCUT2D eigenvalue weighted by atomic mass is 9.56. The first-order chi connectivity index (χ1) is 6.31. The van der Waals surface area contributed by atoms with Crippen LogP contribution in [0.4, 0.5) is 0 Å². The van der Waals surface area contributed by atoms with Crippen LogP contribution in [-0.2, 0) is 0 Å². The Kier molecular flexibility index (Phi) is 2.44. The molecule has 0 aliphatic heterocycles. The second-order valence-electron chi connectivity index (χ2n) is 4.98. The zero-order valence-corrected chi connectivity index (χ0v) is 7.95. The van der Waals surface area contributed by atoms with Gasteiger partial charge in [-0.15, -0.1) is 0 Å². The molecule has 0 aromatic carbocycles. The normalized spacial score (nSPS) is 44.8. The first-order valence-corrected chi connectivity index (χ1v) is 5.35. The molecular weight excluding hydrogens is 162 g/mol. The lowest BCUT2D eigenvalue weighted by Gasteiger charge is -2.49. The van der Waals surface area contributed by atoms with Crippen molar-refractivity contribution in [1.29, 1.82) is 5.26 Å². The summed E-state index contributed by atoms with van der Waals surface area (Å²) in [5.74, 6) is 4.71. The molecule has 13 heavy (non-hydrogen) atoms. The van der Waals surface area contributed by atoms with Gasteiger partial charge in [-0.2, -0.15) is 5.26 Å². The summed E-state index contributed by atoms with van der Waals surface area (Å²) in [4.78, 5) is 0. The fraction of sp³-hybridized carbons (Fsp3) is 0.909. The van der Waals surface area contributed by atoms with E-state index in [2.05, 4.69) is 0 Å². The molecule has 4 bridgehead atoms. The van der Waals surface area contributed by atoms with Crippen molar-refractivity contribution in [3.05, 3.63) is 0 Å². The molecule has 0 aromatic heterocycles. The molecule has 0 amide bonds. The number of hydrogen-bond donors (Lipinski definition) is 1. The monoisotopic (exact) mass is 179 g/mol. The van der Waals surface area contributed by atoms with Crippen LogP contribution in [0.2, 0.25) is 0 Å². The van der Waals surface area contributed by atoms with Gasteiger partial charge in [0.2, 0.25) is 0 Å². The standard InChI is InChI=1S/C10H16.CHNO/c1-7-2-9-4-8(1)5-10(3-7)6-9;2-1-3/h7-10H,1-6H2;3H. The van der Waals surface area contributed by atoms with Crippen LogP contribution in [0.15, 0.2) is 0 Å². The Hall–Kier alpha value is -0.710. The minimum Gasteiger partial charge on any atom is -0.443 e. The van der Waals surface area contributed by atoms with Gasteiger partial charge in [-0.05, 0) is 62.2 Å². The van der Waals surface area contributed by atoms with E-state index in [1.54, 1.807) is 38.5 Å². The Balaban J connectivity index is 0.000000196. The van der Waals surface area contributed by atoms with Crippen LogP contribution in [0.25, 0.3) is 0 Å². The fourth-order valence-electron chi connectivity index (χ4n) is 3.98. The second-order valence-corrected chi connectivity index (χ2v) is 4.98. The van der Waals surface area contributed by atoms with Gasteiger partial charge in [0.25, 0.3) is 6.26 Å². The largest absolute Gasteiger partial charge is 0.443 e. The molecule has 4 fully saturated rings. The highest BCUT2D eigenvalue weighted by Gasteiger charge is 2.41. The van der Waals surface area contributed by atoms with Crippen LogP contribution in [-0.4, -0.2) is 5.11 Å². The third-order valence-electron chi connectivity index (χ3n) is 4.00. The average molecular weight is 179 g/mol. The molecule has 0 unspecified atom stereocenters. The first-order valence-electron chi connectivity index (χ1n) is 5.35. The molecule has 4 aliphatic carbocycles. The smallest absolute Gasteiger partial charge is 0.283 e. The molecule has 4 rings (SSSR count). The van der Waals surface area contributed by atoms with Gasteiger partial charge in [0.15, 0.2) is 0 Å². The highest BCUT2D eigenvalue weighted by Crippen LogP contribution is 2.53. The van der Waals surface area contributed by atoms with Crippen molar-refractivity contribution in [1.82, 2.24) is 0 Å². The Morgan fingerprint density at radius 1 is 0.769 bits per heavy atom. The summed E-state index contributed by atoms with van der Waals surface area (Å²) in [6, 6.07) is 0. The summed E-state index contributed by atoms with van der Waals surface area (Å²) in [6.45, 7) is 0. The van der Waals surface area contributed by atoms with E-state index in [1.807, 2.05) is 0 Å². The number of hydrogen-bond acceptors (Lipinski definition) is 2. The number of aliphatic hydroxyl groups excluding tert-OH is 1.